The third kappa shape index (κ3) is 2.06. The van der Waals surface area contributed by atoms with Gasteiger partial charge < -0.3 is 10.0 Å². The number of hydrogen-bond acceptors (Lipinski definition) is 4. The van der Waals surface area contributed by atoms with E-state index in [2.05, 4.69) is 16.9 Å². The molecule has 0 spiro atoms. The molecule has 1 N–H and O–H groups in total. The first kappa shape index (κ1) is 14.6. The Hall–Kier alpha value is -2.01. The molecule has 1 amide bonds. The molecule has 0 unspecified atom stereocenters. The lowest BCUT2D eigenvalue weighted by Crippen LogP contribution is -2.42. The van der Waals surface area contributed by atoms with Crippen molar-refractivity contribution >= 4 is 16.9 Å². The summed E-state index contributed by atoms with van der Waals surface area (Å²) in [5, 5.41) is 9.88. The summed E-state index contributed by atoms with van der Waals surface area (Å²) in [6.07, 6.45) is 5.38. The Morgan fingerprint density at radius 2 is 2.13 bits per heavy atom. The van der Waals surface area contributed by atoms with Crippen molar-refractivity contribution in [2.75, 3.05) is 6.61 Å². The summed E-state index contributed by atoms with van der Waals surface area (Å²) in [7, 11) is 0. The first-order valence-electron chi connectivity index (χ1n) is 8.34. The third-order valence-corrected chi connectivity index (χ3v) is 5.77. The number of carbonyl (C=O) groups excluding carboxylic acids is 1. The molecule has 120 valence electrons. The van der Waals surface area contributed by atoms with E-state index in [0.717, 1.165) is 36.7 Å². The van der Waals surface area contributed by atoms with Crippen molar-refractivity contribution in [3.8, 4) is 0 Å². The highest BCUT2D eigenvalue weighted by Crippen LogP contribution is 2.51. The Morgan fingerprint density at radius 3 is 2.83 bits per heavy atom. The zero-order valence-electron chi connectivity index (χ0n) is 13.3. The van der Waals surface area contributed by atoms with E-state index in [1.807, 2.05) is 29.2 Å². The van der Waals surface area contributed by atoms with E-state index in [1.165, 1.54) is 0 Å². The van der Waals surface area contributed by atoms with E-state index >= 15 is 0 Å². The summed E-state index contributed by atoms with van der Waals surface area (Å²) in [5.41, 5.74) is 1.81. The van der Waals surface area contributed by atoms with Crippen LogP contribution in [0.1, 0.15) is 43.1 Å². The van der Waals surface area contributed by atoms with Gasteiger partial charge in [0.25, 0.3) is 5.91 Å². The van der Waals surface area contributed by atoms with Gasteiger partial charge in [-0.15, -0.1) is 0 Å². The highest BCUT2D eigenvalue weighted by molar-refractivity contribution is 5.94. The molecule has 5 nitrogen and oxygen atoms in total. The smallest absolute Gasteiger partial charge is 0.274 e. The quantitative estimate of drug-likeness (QED) is 0.945. The molecule has 2 fully saturated rings. The van der Waals surface area contributed by atoms with Crippen LogP contribution in [0.5, 0.6) is 0 Å². The zero-order valence-corrected chi connectivity index (χ0v) is 13.3. The highest BCUT2D eigenvalue weighted by Gasteiger charge is 2.56. The number of benzene rings is 1. The Morgan fingerprint density at radius 1 is 1.35 bits per heavy atom. The number of para-hydroxylation sites is 2. The molecule has 0 radical (unpaired) electrons. The Labute approximate surface area is 135 Å². The van der Waals surface area contributed by atoms with Crippen LogP contribution in [0, 0.1) is 5.41 Å². The largest absolute Gasteiger partial charge is 0.396 e. The van der Waals surface area contributed by atoms with Crippen molar-refractivity contribution in [3.63, 3.8) is 0 Å². The lowest BCUT2D eigenvalue weighted by atomic mass is 9.72. The van der Waals surface area contributed by atoms with Crippen LogP contribution in [-0.2, 0) is 0 Å². The maximum absolute atomic E-state index is 13.0. The van der Waals surface area contributed by atoms with Gasteiger partial charge in [-0.25, -0.2) is 4.98 Å². The summed E-state index contributed by atoms with van der Waals surface area (Å²) >= 11 is 0. The topological polar surface area (TPSA) is 66.3 Å². The summed E-state index contributed by atoms with van der Waals surface area (Å²) in [5.74, 6) is -0.0421. The molecule has 3 heterocycles. The Kier molecular flexibility index (Phi) is 3.34. The number of amides is 1. The van der Waals surface area contributed by atoms with Crippen LogP contribution in [-0.4, -0.2) is 44.6 Å². The average Bonchev–Trinajstić information content (AvgIpc) is 3.16. The lowest BCUT2D eigenvalue weighted by Gasteiger charge is -2.34. The van der Waals surface area contributed by atoms with Crippen LogP contribution >= 0.6 is 0 Å². The maximum atomic E-state index is 13.0. The van der Waals surface area contributed by atoms with Crippen LogP contribution in [0.15, 0.2) is 30.5 Å². The van der Waals surface area contributed by atoms with Crippen molar-refractivity contribution in [3.05, 3.63) is 36.2 Å². The molecule has 3 atom stereocenters. The average molecular weight is 311 g/mol. The minimum Gasteiger partial charge on any atom is -0.396 e. The Bertz CT molecular complexity index is 757. The summed E-state index contributed by atoms with van der Waals surface area (Å²) < 4.78 is 0. The van der Waals surface area contributed by atoms with Crippen LogP contribution in [0.4, 0.5) is 0 Å². The molecule has 2 saturated heterocycles. The van der Waals surface area contributed by atoms with Crippen molar-refractivity contribution in [1.29, 1.82) is 0 Å². The van der Waals surface area contributed by atoms with Crippen molar-refractivity contribution in [1.82, 2.24) is 14.9 Å². The molecule has 0 aliphatic carbocycles. The molecule has 4 rings (SSSR count). The van der Waals surface area contributed by atoms with E-state index in [-0.39, 0.29) is 30.0 Å². The predicted molar refractivity (Wildman–Crippen MR) is 86.9 cm³/mol. The fourth-order valence-corrected chi connectivity index (χ4v) is 4.45. The fraction of sp³-hybridized carbons (Fsp3) is 0.500. The Balaban J connectivity index is 1.68. The zero-order chi connectivity index (χ0) is 16.0. The SMILES string of the molecule is CC[C@@]1(CO)C[C@@H]2CC[C@H]1N2C(=O)c1cnc2ccccc2n1. The van der Waals surface area contributed by atoms with Gasteiger partial charge in [-0.2, -0.15) is 0 Å². The molecule has 2 aliphatic rings. The minimum absolute atomic E-state index is 0.0421. The number of aromatic nitrogens is 2. The number of aliphatic hydroxyl groups is 1. The van der Waals surface area contributed by atoms with Gasteiger partial charge in [-0.1, -0.05) is 19.1 Å². The van der Waals surface area contributed by atoms with Crippen molar-refractivity contribution < 1.29 is 9.90 Å². The second-order valence-corrected chi connectivity index (χ2v) is 6.78. The van der Waals surface area contributed by atoms with Crippen molar-refractivity contribution in [2.45, 2.75) is 44.7 Å². The van der Waals surface area contributed by atoms with Gasteiger partial charge in [-0.3, -0.25) is 9.78 Å². The van der Waals surface area contributed by atoms with Crippen LogP contribution < -0.4 is 0 Å². The molecule has 2 bridgehead atoms. The molecule has 0 saturated carbocycles. The van der Waals surface area contributed by atoms with Gasteiger partial charge in [0.1, 0.15) is 5.69 Å². The third-order valence-electron chi connectivity index (χ3n) is 5.77. The second kappa shape index (κ2) is 5.27. The number of rotatable bonds is 3. The summed E-state index contributed by atoms with van der Waals surface area (Å²) in [4.78, 5) is 23.8. The summed E-state index contributed by atoms with van der Waals surface area (Å²) in [6, 6.07) is 7.94. The first-order chi connectivity index (χ1) is 11.2. The van der Waals surface area contributed by atoms with Gasteiger partial charge in [0.2, 0.25) is 0 Å². The standard InChI is InChI=1S/C18H21N3O2/c1-2-18(11-22)9-12-7-8-16(18)21(12)17(23)15-10-19-13-5-3-4-6-14(13)20-15/h3-6,10,12,16,22H,2,7-9,11H2,1H3/t12-,16+,18-/m0/s1. The van der Waals surface area contributed by atoms with Crippen molar-refractivity contribution in [2.24, 2.45) is 5.41 Å². The van der Waals surface area contributed by atoms with E-state index in [9.17, 15) is 9.90 Å². The van der Waals surface area contributed by atoms with E-state index in [4.69, 9.17) is 0 Å². The molecular formula is C18H21N3O2. The van der Waals surface area contributed by atoms with Crippen LogP contribution in [0.2, 0.25) is 0 Å². The number of hydrogen-bond donors (Lipinski definition) is 1. The first-order valence-corrected chi connectivity index (χ1v) is 8.34. The monoisotopic (exact) mass is 311 g/mol. The molecule has 2 aliphatic heterocycles. The molecule has 2 aromatic rings. The van der Waals surface area contributed by atoms with E-state index < -0.39 is 0 Å². The number of aliphatic hydroxyl groups excluding tert-OH is 1. The molecular weight excluding hydrogens is 290 g/mol. The number of fused-ring (bicyclic) bond motifs is 3. The normalized spacial score (nSPS) is 29.4. The predicted octanol–water partition coefficient (Wildman–Crippen LogP) is 2.40. The molecule has 5 heteroatoms. The molecule has 1 aromatic heterocycles. The number of carbonyl (C=O) groups is 1. The van der Waals surface area contributed by atoms with Gasteiger partial charge in [0, 0.05) is 17.5 Å². The van der Waals surface area contributed by atoms with E-state index in [1.54, 1.807) is 6.20 Å². The van der Waals surface area contributed by atoms with Crippen LogP contribution in [0.25, 0.3) is 11.0 Å². The maximum Gasteiger partial charge on any atom is 0.274 e. The molecule has 23 heavy (non-hydrogen) atoms. The summed E-state index contributed by atoms with van der Waals surface area (Å²) in [6.45, 7) is 2.26. The minimum atomic E-state index is -0.136. The molecule has 1 aromatic carbocycles. The van der Waals surface area contributed by atoms with Gasteiger partial charge in [0.15, 0.2) is 0 Å². The van der Waals surface area contributed by atoms with Gasteiger partial charge in [-0.05, 0) is 37.8 Å². The fourth-order valence-electron chi connectivity index (χ4n) is 4.45. The van der Waals surface area contributed by atoms with Crippen LogP contribution in [0.3, 0.4) is 0 Å². The second-order valence-electron chi connectivity index (χ2n) is 6.78. The van der Waals surface area contributed by atoms with E-state index in [0.29, 0.717) is 5.69 Å². The lowest BCUT2D eigenvalue weighted by molar-refractivity contribution is 0.0552. The van der Waals surface area contributed by atoms with Gasteiger partial charge >= 0.3 is 0 Å². The highest BCUT2D eigenvalue weighted by atomic mass is 16.3. The number of nitrogens with zero attached hydrogens (tertiary/aromatic N) is 3. The van der Waals surface area contributed by atoms with Gasteiger partial charge in [0.05, 0.1) is 23.8 Å².